The largest absolute Gasteiger partial charge is 0.496 e. The number of nitrogens with two attached hydrogens (primary N) is 1. The first kappa shape index (κ1) is 13.9. The van der Waals surface area contributed by atoms with Crippen molar-refractivity contribution < 1.29 is 9.53 Å². The van der Waals surface area contributed by atoms with Crippen LogP contribution in [0.15, 0.2) is 18.2 Å². The van der Waals surface area contributed by atoms with Crippen molar-refractivity contribution in [2.45, 2.75) is 26.3 Å². The Kier molecular flexibility index (Phi) is 4.10. The van der Waals surface area contributed by atoms with Crippen molar-refractivity contribution >= 4 is 5.91 Å². The first-order valence-electron chi connectivity index (χ1n) is 6.72. The molecule has 2 unspecified atom stereocenters. The molecular weight excluding hydrogens is 240 g/mol. The van der Waals surface area contributed by atoms with E-state index in [-0.39, 0.29) is 11.9 Å². The van der Waals surface area contributed by atoms with Crippen LogP contribution in [0.5, 0.6) is 5.75 Å². The highest BCUT2D eigenvalue weighted by atomic mass is 16.5. The van der Waals surface area contributed by atoms with Crippen LogP contribution in [0.2, 0.25) is 0 Å². The van der Waals surface area contributed by atoms with Gasteiger partial charge in [0.2, 0.25) is 0 Å². The fraction of sp³-hybridized carbons (Fsp3) is 0.533. The number of carbonyl (C=O) groups excluding carboxylic acids is 1. The van der Waals surface area contributed by atoms with E-state index in [0.717, 1.165) is 24.3 Å². The average molecular weight is 262 g/mol. The predicted molar refractivity (Wildman–Crippen MR) is 75.4 cm³/mol. The number of ether oxygens (including phenoxy) is 1. The highest BCUT2D eigenvalue weighted by Gasteiger charge is 2.32. The fourth-order valence-corrected chi connectivity index (χ4v) is 2.71. The van der Waals surface area contributed by atoms with Gasteiger partial charge in [-0.1, -0.05) is 6.07 Å². The van der Waals surface area contributed by atoms with Crippen LogP contribution in [-0.2, 0) is 0 Å². The first-order chi connectivity index (χ1) is 9.06. The second kappa shape index (κ2) is 5.61. The van der Waals surface area contributed by atoms with Gasteiger partial charge in [-0.25, -0.2) is 0 Å². The second-order valence-corrected chi connectivity index (χ2v) is 5.33. The lowest BCUT2D eigenvalue weighted by Gasteiger charge is -2.22. The lowest BCUT2D eigenvalue weighted by atomic mass is 10.1. The molecule has 1 aromatic carbocycles. The summed E-state index contributed by atoms with van der Waals surface area (Å²) in [4.78, 5) is 14.4. The number of likely N-dealkylation sites (tertiary alicyclic amines) is 1. The van der Waals surface area contributed by atoms with Crippen LogP contribution in [0.25, 0.3) is 0 Å². The summed E-state index contributed by atoms with van der Waals surface area (Å²) in [6.45, 7) is 5.45. The molecule has 4 nitrogen and oxygen atoms in total. The van der Waals surface area contributed by atoms with E-state index in [9.17, 15) is 4.79 Å². The third-order valence-corrected chi connectivity index (χ3v) is 3.91. The molecule has 0 spiro atoms. The van der Waals surface area contributed by atoms with E-state index in [4.69, 9.17) is 10.5 Å². The Labute approximate surface area is 114 Å². The molecule has 1 aliphatic rings. The quantitative estimate of drug-likeness (QED) is 0.904. The first-order valence-corrected chi connectivity index (χ1v) is 6.72. The summed E-state index contributed by atoms with van der Waals surface area (Å²) in [5, 5.41) is 0. The summed E-state index contributed by atoms with van der Waals surface area (Å²) >= 11 is 0. The maximum absolute atomic E-state index is 12.5. The Balaban J connectivity index is 2.20. The molecular formula is C15H22N2O2. The van der Waals surface area contributed by atoms with E-state index in [1.54, 1.807) is 7.11 Å². The summed E-state index contributed by atoms with van der Waals surface area (Å²) in [6.07, 6.45) is 0.991. The molecule has 0 saturated carbocycles. The van der Waals surface area contributed by atoms with Crippen LogP contribution in [0, 0.1) is 12.8 Å². The summed E-state index contributed by atoms with van der Waals surface area (Å²) in [7, 11) is 1.62. The molecule has 2 N–H and O–H groups in total. The number of amides is 1. The van der Waals surface area contributed by atoms with Gasteiger partial charge in [0.1, 0.15) is 5.75 Å². The Morgan fingerprint density at radius 1 is 1.53 bits per heavy atom. The average Bonchev–Trinajstić information content (AvgIpc) is 2.80. The summed E-state index contributed by atoms with van der Waals surface area (Å²) in [5.74, 6) is 1.25. The number of rotatable bonds is 3. The minimum absolute atomic E-state index is 0.0711. The zero-order valence-corrected chi connectivity index (χ0v) is 11.8. The minimum atomic E-state index is 0.0711. The number of methoxy groups -OCH3 is 1. The van der Waals surface area contributed by atoms with Crippen LogP contribution in [0.4, 0.5) is 0 Å². The number of aryl methyl sites for hydroxylation is 1. The van der Waals surface area contributed by atoms with Gasteiger partial charge in [-0.3, -0.25) is 4.79 Å². The molecule has 1 fully saturated rings. The molecule has 2 rings (SSSR count). The van der Waals surface area contributed by atoms with Gasteiger partial charge in [-0.15, -0.1) is 0 Å². The van der Waals surface area contributed by atoms with Crippen LogP contribution in [-0.4, -0.2) is 37.0 Å². The van der Waals surface area contributed by atoms with Gasteiger partial charge in [0.05, 0.1) is 7.11 Å². The molecule has 4 heteroatoms. The highest BCUT2D eigenvalue weighted by Crippen LogP contribution is 2.26. The SMILES string of the molecule is COc1cc(C(=O)N2CC(CN)CC2C)ccc1C. The van der Waals surface area contributed by atoms with Crippen molar-refractivity contribution in [3.8, 4) is 5.75 Å². The Bertz CT molecular complexity index is 473. The number of hydrogen-bond acceptors (Lipinski definition) is 3. The van der Waals surface area contributed by atoms with E-state index in [1.807, 2.05) is 30.0 Å². The molecule has 2 atom stereocenters. The third kappa shape index (κ3) is 2.73. The van der Waals surface area contributed by atoms with Gasteiger partial charge in [0.15, 0.2) is 0 Å². The number of benzene rings is 1. The highest BCUT2D eigenvalue weighted by molar-refractivity contribution is 5.95. The molecule has 0 aliphatic carbocycles. The molecule has 104 valence electrons. The molecule has 0 bridgehead atoms. The van der Waals surface area contributed by atoms with E-state index < -0.39 is 0 Å². The zero-order chi connectivity index (χ0) is 14.0. The maximum atomic E-state index is 12.5. The van der Waals surface area contributed by atoms with Gasteiger partial charge in [-0.05, 0) is 50.4 Å². The van der Waals surface area contributed by atoms with Crippen LogP contribution in [0.3, 0.4) is 0 Å². The molecule has 1 saturated heterocycles. The lowest BCUT2D eigenvalue weighted by molar-refractivity contribution is 0.0743. The van der Waals surface area contributed by atoms with Crippen molar-refractivity contribution in [3.05, 3.63) is 29.3 Å². The molecule has 19 heavy (non-hydrogen) atoms. The third-order valence-electron chi connectivity index (χ3n) is 3.91. The smallest absolute Gasteiger partial charge is 0.254 e. The van der Waals surface area contributed by atoms with E-state index in [1.165, 1.54) is 0 Å². The topological polar surface area (TPSA) is 55.6 Å². The van der Waals surface area contributed by atoms with Crippen LogP contribution >= 0.6 is 0 Å². The minimum Gasteiger partial charge on any atom is -0.496 e. The number of nitrogens with zero attached hydrogens (tertiary/aromatic N) is 1. The van der Waals surface area contributed by atoms with Crippen LogP contribution in [0.1, 0.15) is 29.3 Å². The number of hydrogen-bond donors (Lipinski definition) is 1. The number of carbonyl (C=O) groups is 1. The molecule has 0 aromatic heterocycles. The Morgan fingerprint density at radius 2 is 2.26 bits per heavy atom. The van der Waals surface area contributed by atoms with Crippen molar-refractivity contribution in [1.82, 2.24) is 4.90 Å². The molecule has 1 aromatic rings. The normalized spacial score (nSPS) is 22.6. The fourth-order valence-electron chi connectivity index (χ4n) is 2.71. The standard InChI is InChI=1S/C15H22N2O2/c1-10-4-5-13(7-14(10)19-3)15(18)17-9-12(8-16)6-11(17)2/h4-5,7,11-12H,6,8-9,16H2,1-3H3. The maximum Gasteiger partial charge on any atom is 0.254 e. The molecule has 1 amide bonds. The summed E-state index contributed by atoms with van der Waals surface area (Å²) in [5.41, 5.74) is 7.43. The zero-order valence-electron chi connectivity index (χ0n) is 11.8. The van der Waals surface area contributed by atoms with Gasteiger partial charge in [0, 0.05) is 18.2 Å². The van der Waals surface area contributed by atoms with Gasteiger partial charge in [-0.2, -0.15) is 0 Å². The van der Waals surface area contributed by atoms with Crippen molar-refractivity contribution in [2.75, 3.05) is 20.2 Å². The van der Waals surface area contributed by atoms with E-state index in [2.05, 4.69) is 6.92 Å². The predicted octanol–water partition coefficient (Wildman–Crippen LogP) is 1.81. The second-order valence-electron chi connectivity index (χ2n) is 5.33. The van der Waals surface area contributed by atoms with Gasteiger partial charge < -0.3 is 15.4 Å². The Hall–Kier alpha value is -1.55. The van der Waals surface area contributed by atoms with E-state index >= 15 is 0 Å². The van der Waals surface area contributed by atoms with Crippen LogP contribution < -0.4 is 10.5 Å². The van der Waals surface area contributed by atoms with Crippen molar-refractivity contribution in [3.63, 3.8) is 0 Å². The molecule has 1 heterocycles. The Morgan fingerprint density at radius 3 is 2.84 bits per heavy atom. The van der Waals surface area contributed by atoms with Crippen molar-refractivity contribution in [2.24, 2.45) is 11.7 Å². The van der Waals surface area contributed by atoms with Crippen molar-refractivity contribution in [1.29, 1.82) is 0 Å². The molecule has 0 radical (unpaired) electrons. The monoisotopic (exact) mass is 262 g/mol. The lowest BCUT2D eigenvalue weighted by Crippen LogP contribution is -2.34. The van der Waals surface area contributed by atoms with E-state index in [0.29, 0.717) is 18.0 Å². The van der Waals surface area contributed by atoms with Gasteiger partial charge >= 0.3 is 0 Å². The van der Waals surface area contributed by atoms with Gasteiger partial charge in [0.25, 0.3) is 5.91 Å². The summed E-state index contributed by atoms with van der Waals surface area (Å²) < 4.78 is 5.28. The molecule has 1 aliphatic heterocycles. The summed E-state index contributed by atoms with van der Waals surface area (Å²) in [6, 6.07) is 5.86.